The maximum Gasteiger partial charge on any atom is 0.414 e. The van der Waals surface area contributed by atoms with Gasteiger partial charge in [-0.3, -0.25) is 4.79 Å². The summed E-state index contributed by atoms with van der Waals surface area (Å²) in [5, 5.41) is 9.77. The molecule has 0 bridgehead atoms. The number of imide groups is 1. The number of nitrogens with zero attached hydrogens (tertiary/aromatic N) is 3. The Hall–Kier alpha value is -2.48. The number of fused-ring (bicyclic) bond motifs is 1. The van der Waals surface area contributed by atoms with Gasteiger partial charge in [-0.1, -0.05) is 0 Å². The SMILES string of the molecule is O=C(O)N1CCc2nc(-c3ccc(N4CC[C@@H](F)C4)cc3)sc2C1=O. The van der Waals surface area contributed by atoms with Gasteiger partial charge in [0.1, 0.15) is 16.1 Å². The Bertz CT molecular complexity index is 836. The van der Waals surface area contributed by atoms with E-state index in [1.807, 2.05) is 29.2 Å². The van der Waals surface area contributed by atoms with Gasteiger partial charge in [0.15, 0.2) is 0 Å². The third kappa shape index (κ3) is 2.86. The molecule has 0 spiro atoms. The third-order valence-electron chi connectivity index (χ3n) is 4.55. The van der Waals surface area contributed by atoms with Crippen LogP contribution in [0.4, 0.5) is 14.9 Å². The molecule has 2 amide bonds. The molecule has 130 valence electrons. The van der Waals surface area contributed by atoms with E-state index in [9.17, 15) is 14.0 Å². The molecule has 1 aromatic carbocycles. The Morgan fingerprint density at radius 1 is 1.28 bits per heavy atom. The normalized spacial score (nSPS) is 20.0. The number of hydrogen-bond donors (Lipinski definition) is 1. The first-order valence-corrected chi connectivity index (χ1v) is 8.88. The van der Waals surface area contributed by atoms with Gasteiger partial charge in [0.25, 0.3) is 5.91 Å². The van der Waals surface area contributed by atoms with Crippen LogP contribution in [0.25, 0.3) is 10.6 Å². The highest BCUT2D eigenvalue weighted by molar-refractivity contribution is 7.17. The summed E-state index contributed by atoms with van der Waals surface area (Å²) in [6.07, 6.45) is -1.00. The van der Waals surface area contributed by atoms with Crippen molar-refractivity contribution in [1.29, 1.82) is 0 Å². The maximum atomic E-state index is 13.3. The number of aromatic nitrogens is 1. The summed E-state index contributed by atoms with van der Waals surface area (Å²) >= 11 is 1.22. The van der Waals surface area contributed by atoms with Crippen molar-refractivity contribution in [2.24, 2.45) is 0 Å². The summed E-state index contributed by atoms with van der Waals surface area (Å²) in [7, 11) is 0. The van der Waals surface area contributed by atoms with Crippen LogP contribution in [0.2, 0.25) is 0 Å². The predicted molar refractivity (Wildman–Crippen MR) is 92.0 cm³/mol. The predicted octanol–water partition coefficient (Wildman–Crippen LogP) is 3.03. The summed E-state index contributed by atoms with van der Waals surface area (Å²) in [5.74, 6) is -0.500. The molecule has 2 aliphatic rings. The number of carbonyl (C=O) groups excluding carboxylic acids is 1. The zero-order valence-corrected chi connectivity index (χ0v) is 14.1. The molecule has 1 atom stereocenters. The van der Waals surface area contributed by atoms with Crippen molar-refractivity contribution in [3.05, 3.63) is 34.8 Å². The van der Waals surface area contributed by atoms with Crippen LogP contribution in [0.1, 0.15) is 21.8 Å². The number of thiazole rings is 1. The molecule has 1 N–H and O–H groups in total. The fourth-order valence-electron chi connectivity index (χ4n) is 3.20. The first-order chi connectivity index (χ1) is 12.0. The lowest BCUT2D eigenvalue weighted by molar-refractivity contribution is 0.0731. The summed E-state index contributed by atoms with van der Waals surface area (Å²) in [5.41, 5.74) is 2.50. The zero-order valence-electron chi connectivity index (χ0n) is 13.3. The van der Waals surface area contributed by atoms with Crippen molar-refractivity contribution in [1.82, 2.24) is 9.88 Å². The third-order valence-corrected chi connectivity index (χ3v) is 5.68. The zero-order chi connectivity index (χ0) is 17.6. The van der Waals surface area contributed by atoms with Crippen LogP contribution in [-0.4, -0.2) is 52.8 Å². The number of benzene rings is 1. The highest BCUT2D eigenvalue weighted by Gasteiger charge is 2.32. The second kappa shape index (κ2) is 6.11. The molecule has 0 aliphatic carbocycles. The molecule has 0 saturated carbocycles. The Kier molecular flexibility index (Phi) is 3.91. The van der Waals surface area contributed by atoms with Crippen LogP contribution in [-0.2, 0) is 6.42 Å². The minimum absolute atomic E-state index is 0.142. The van der Waals surface area contributed by atoms with Gasteiger partial charge < -0.3 is 10.0 Å². The van der Waals surface area contributed by atoms with E-state index in [1.54, 1.807) is 0 Å². The molecule has 3 heterocycles. The molecular formula is C17H16FN3O3S. The van der Waals surface area contributed by atoms with Crippen molar-refractivity contribution >= 4 is 29.0 Å². The van der Waals surface area contributed by atoms with E-state index in [2.05, 4.69) is 4.98 Å². The van der Waals surface area contributed by atoms with Crippen molar-refractivity contribution < 1.29 is 19.1 Å². The summed E-state index contributed by atoms with van der Waals surface area (Å²) < 4.78 is 13.3. The summed E-state index contributed by atoms with van der Waals surface area (Å²) in [6.45, 7) is 1.28. The van der Waals surface area contributed by atoms with Gasteiger partial charge >= 0.3 is 6.09 Å². The van der Waals surface area contributed by atoms with Gasteiger partial charge in [-0.05, 0) is 30.7 Å². The van der Waals surface area contributed by atoms with Crippen molar-refractivity contribution in [2.45, 2.75) is 19.0 Å². The van der Waals surface area contributed by atoms with Crippen LogP contribution in [0.15, 0.2) is 24.3 Å². The molecule has 1 fully saturated rings. The molecule has 25 heavy (non-hydrogen) atoms. The number of hydrogen-bond acceptors (Lipinski definition) is 5. The van der Waals surface area contributed by atoms with Gasteiger partial charge in [-0.25, -0.2) is 19.1 Å². The molecular weight excluding hydrogens is 345 g/mol. The summed E-state index contributed by atoms with van der Waals surface area (Å²) in [6, 6.07) is 7.67. The minimum atomic E-state index is -1.23. The number of carboxylic acid groups (broad SMARTS) is 1. The van der Waals surface area contributed by atoms with E-state index in [0.717, 1.165) is 16.2 Å². The van der Waals surface area contributed by atoms with E-state index >= 15 is 0 Å². The Labute approximate surface area is 147 Å². The van der Waals surface area contributed by atoms with Crippen LogP contribution in [0, 0.1) is 0 Å². The van der Waals surface area contributed by atoms with E-state index in [1.165, 1.54) is 11.3 Å². The molecule has 8 heteroatoms. The average molecular weight is 361 g/mol. The average Bonchev–Trinajstić information content (AvgIpc) is 3.22. The van der Waals surface area contributed by atoms with Gasteiger partial charge in [-0.2, -0.15) is 0 Å². The number of amides is 2. The molecule has 6 nitrogen and oxygen atoms in total. The van der Waals surface area contributed by atoms with E-state index in [4.69, 9.17) is 5.11 Å². The van der Waals surface area contributed by atoms with Gasteiger partial charge in [0.2, 0.25) is 0 Å². The second-order valence-electron chi connectivity index (χ2n) is 6.16. The second-order valence-corrected chi connectivity index (χ2v) is 7.16. The standard InChI is InChI=1S/C17H16FN3O3S/c18-11-5-7-20(9-11)12-3-1-10(2-4-12)15-19-13-6-8-21(17(23)24)16(22)14(13)25-15/h1-4,11H,5-9H2,(H,23,24)/t11-/m1/s1. The first kappa shape index (κ1) is 16.0. The van der Waals surface area contributed by atoms with E-state index < -0.39 is 18.2 Å². The first-order valence-electron chi connectivity index (χ1n) is 8.07. The molecule has 0 unspecified atom stereocenters. The topological polar surface area (TPSA) is 73.7 Å². The lowest BCUT2D eigenvalue weighted by atomic mass is 10.1. The molecule has 0 radical (unpaired) electrons. The maximum absolute atomic E-state index is 13.3. The van der Waals surface area contributed by atoms with E-state index in [-0.39, 0.29) is 6.54 Å². The van der Waals surface area contributed by atoms with Crippen LogP contribution in [0.3, 0.4) is 0 Å². The molecule has 1 saturated heterocycles. The van der Waals surface area contributed by atoms with Gasteiger partial charge in [0.05, 0.1) is 5.69 Å². The van der Waals surface area contributed by atoms with Crippen molar-refractivity contribution in [3.8, 4) is 10.6 Å². The van der Waals surface area contributed by atoms with Crippen LogP contribution < -0.4 is 4.90 Å². The quantitative estimate of drug-likeness (QED) is 0.890. The number of carbonyl (C=O) groups is 2. The number of alkyl halides is 1. The lowest BCUT2D eigenvalue weighted by Crippen LogP contribution is -2.40. The fraction of sp³-hybridized carbons (Fsp3) is 0.353. The number of rotatable bonds is 2. The highest BCUT2D eigenvalue weighted by atomic mass is 32.1. The molecule has 1 aromatic heterocycles. The Balaban J connectivity index is 1.58. The molecule has 2 aromatic rings. The van der Waals surface area contributed by atoms with Crippen molar-refractivity contribution in [2.75, 3.05) is 24.5 Å². The lowest BCUT2D eigenvalue weighted by Gasteiger charge is -2.20. The van der Waals surface area contributed by atoms with Crippen LogP contribution in [0.5, 0.6) is 0 Å². The smallest absolute Gasteiger partial charge is 0.414 e. The summed E-state index contributed by atoms with van der Waals surface area (Å²) in [4.78, 5) is 31.1. The van der Waals surface area contributed by atoms with E-state index in [0.29, 0.717) is 41.5 Å². The fourth-order valence-corrected chi connectivity index (χ4v) is 4.27. The monoisotopic (exact) mass is 361 g/mol. The molecule has 4 rings (SSSR count). The molecule has 2 aliphatic heterocycles. The number of anilines is 1. The van der Waals surface area contributed by atoms with Gasteiger partial charge in [-0.15, -0.1) is 11.3 Å². The number of halogens is 1. The minimum Gasteiger partial charge on any atom is -0.465 e. The van der Waals surface area contributed by atoms with Crippen molar-refractivity contribution in [3.63, 3.8) is 0 Å². The Morgan fingerprint density at radius 2 is 2.04 bits per heavy atom. The Morgan fingerprint density at radius 3 is 2.68 bits per heavy atom. The van der Waals surface area contributed by atoms with Gasteiger partial charge in [0, 0.05) is 37.3 Å². The van der Waals surface area contributed by atoms with Crippen LogP contribution >= 0.6 is 11.3 Å². The largest absolute Gasteiger partial charge is 0.465 e. The highest BCUT2D eigenvalue weighted by Crippen LogP contribution is 2.33.